The van der Waals surface area contributed by atoms with Gasteiger partial charge in [0.15, 0.2) is 0 Å². The van der Waals surface area contributed by atoms with Crippen molar-refractivity contribution in [2.75, 3.05) is 6.54 Å². The number of halogens is 1. The van der Waals surface area contributed by atoms with E-state index in [-0.39, 0.29) is 23.9 Å². The van der Waals surface area contributed by atoms with E-state index in [9.17, 15) is 14.0 Å². The van der Waals surface area contributed by atoms with Crippen LogP contribution in [-0.2, 0) is 4.79 Å². The molecule has 3 rings (SSSR count). The van der Waals surface area contributed by atoms with Gasteiger partial charge < -0.3 is 10.0 Å². The molecule has 1 atom stereocenters. The van der Waals surface area contributed by atoms with Crippen molar-refractivity contribution in [3.8, 4) is 0 Å². The molecule has 0 radical (unpaired) electrons. The lowest BCUT2D eigenvalue weighted by Gasteiger charge is -2.24. The Morgan fingerprint density at radius 1 is 1.41 bits per heavy atom. The fraction of sp³-hybridized carbons (Fsp3) is 0.312. The van der Waals surface area contributed by atoms with Gasteiger partial charge in [0.25, 0.3) is 5.91 Å². The molecule has 0 bridgehead atoms. The van der Waals surface area contributed by atoms with Crippen LogP contribution in [0, 0.1) is 5.82 Å². The third-order valence-corrected chi connectivity index (χ3v) is 3.95. The van der Waals surface area contributed by atoms with E-state index in [0.717, 1.165) is 6.42 Å². The van der Waals surface area contributed by atoms with Crippen LogP contribution < -0.4 is 0 Å². The van der Waals surface area contributed by atoms with E-state index in [0.29, 0.717) is 23.9 Å². The fourth-order valence-corrected chi connectivity index (χ4v) is 2.99. The second-order valence-electron chi connectivity index (χ2n) is 5.42. The lowest BCUT2D eigenvalue weighted by atomic mass is 10.1. The Hall–Kier alpha value is -2.50. The minimum atomic E-state index is -0.938. The van der Waals surface area contributed by atoms with Gasteiger partial charge in [0, 0.05) is 24.2 Å². The summed E-state index contributed by atoms with van der Waals surface area (Å²) in [6, 6.07) is 5.54. The molecule has 1 amide bonds. The van der Waals surface area contributed by atoms with Crippen molar-refractivity contribution in [2.45, 2.75) is 25.3 Å². The highest BCUT2D eigenvalue weighted by Gasteiger charge is 2.32. The fourth-order valence-electron chi connectivity index (χ4n) is 2.99. The molecule has 1 aliphatic rings. The summed E-state index contributed by atoms with van der Waals surface area (Å²) in [5, 5.41) is 9.50. The summed E-state index contributed by atoms with van der Waals surface area (Å²) >= 11 is 0. The first-order valence-corrected chi connectivity index (χ1v) is 7.13. The Morgan fingerprint density at radius 3 is 3.00 bits per heavy atom. The molecule has 22 heavy (non-hydrogen) atoms. The van der Waals surface area contributed by atoms with Crippen LogP contribution in [-0.4, -0.2) is 39.5 Å². The zero-order valence-electron chi connectivity index (χ0n) is 11.8. The lowest BCUT2D eigenvalue weighted by molar-refractivity contribution is -0.137. The number of hydrogen-bond donors (Lipinski definition) is 1. The number of pyridine rings is 1. The summed E-state index contributed by atoms with van der Waals surface area (Å²) in [6.07, 6.45) is 2.87. The second-order valence-corrected chi connectivity index (χ2v) is 5.42. The highest BCUT2D eigenvalue weighted by molar-refractivity contribution is 6.05. The van der Waals surface area contributed by atoms with Crippen molar-refractivity contribution in [2.24, 2.45) is 0 Å². The van der Waals surface area contributed by atoms with Gasteiger partial charge in [-0.2, -0.15) is 0 Å². The zero-order chi connectivity index (χ0) is 15.7. The molecule has 2 heterocycles. The van der Waals surface area contributed by atoms with Crippen LogP contribution >= 0.6 is 0 Å². The highest BCUT2D eigenvalue weighted by atomic mass is 19.1. The molecule has 5 nitrogen and oxygen atoms in total. The molecule has 1 aromatic heterocycles. The molecule has 1 fully saturated rings. The third-order valence-electron chi connectivity index (χ3n) is 3.95. The molecule has 1 N–H and O–H groups in total. The highest BCUT2D eigenvalue weighted by Crippen LogP contribution is 2.26. The number of likely N-dealkylation sites (tertiary alicyclic amines) is 1. The smallest absolute Gasteiger partial charge is 0.305 e. The molecule has 1 aromatic carbocycles. The van der Waals surface area contributed by atoms with Gasteiger partial charge in [-0.05, 0) is 31.0 Å². The number of carboxylic acid groups (broad SMARTS) is 1. The Morgan fingerprint density at radius 2 is 2.23 bits per heavy atom. The first kappa shape index (κ1) is 14.4. The first-order valence-electron chi connectivity index (χ1n) is 7.13. The van der Waals surface area contributed by atoms with E-state index in [2.05, 4.69) is 4.98 Å². The van der Waals surface area contributed by atoms with E-state index in [1.165, 1.54) is 17.0 Å². The van der Waals surface area contributed by atoms with Gasteiger partial charge in [0.2, 0.25) is 0 Å². The van der Waals surface area contributed by atoms with E-state index in [1.54, 1.807) is 18.3 Å². The molecule has 1 aliphatic heterocycles. The van der Waals surface area contributed by atoms with Crippen molar-refractivity contribution in [3.05, 3.63) is 41.8 Å². The number of aromatic nitrogens is 1. The molecule has 0 spiro atoms. The third kappa shape index (κ3) is 2.64. The topological polar surface area (TPSA) is 70.5 Å². The maximum atomic E-state index is 13.8. The maximum Gasteiger partial charge on any atom is 0.305 e. The van der Waals surface area contributed by atoms with Crippen LogP contribution in [0.3, 0.4) is 0 Å². The quantitative estimate of drug-likeness (QED) is 0.945. The number of aliphatic carboxylic acids is 1. The minimum Gasteiger partial charge on any atom is -0.481 e. The van der Waals surface area contributed by atoms with E-state index >= 15 is 0 Å². The van der Waals surface area contributed by atoms with Gasteiger partial charge in [0.1, 0.15) is 5.82 Å². The van der Waals surface area contributed by atoms with Gasteiger partial charge in [-0.1, -0.05) is 6.07 Å². The Balaban J connectivity index is 2.00. The van der Waals surface area contributed by atoms with Crippen molar-refractivity contribution in [1.29, 1.82) is 0 Å². The van der Waals surface area contributed by atoms with Crippen molar-refractivity contribution in [1.82, 2.24) is 9.88 Å². The average molecular weight is 302 g/mol. The predicted octanol–water partition coefficient (Wildman–Crippen LogP) is 2.45. The molecule has 114 valence electrons. The van der Waals surface area contributed by atoms with Crippen LogP contribution in [0.15, 0.2) is 30.5 Å². The summed E-state index contributed by atoms with van der Waals surface area (Å²) in [5.41, 5.74) is 0.628. The Bertz CT molecular complexity index is 747. The predicted molar refractivity (Wildman–Crippen MR) is 78.0 cm³/mol. The average Bonchev–Trinajstić information content (AvgIpc) is 2.92. The molecular weight excluding hydrogens is 287 g/mol. The van der Waals surface area contributed by atoms with Crippen LogP contribution in [0.1, 0.15) is 29.6 Å². The second kappa shape index (κ2) is 5.71. The van der Waals surface area contributed by atoms with Gasteiger partial charge >= 0.3 is 5.97 Å². The van der Waals surface area contributed by atoms with Crippen LogP contribution in [0.25, 0.3) is 10.9 Å². The number of carboxylic acids is 1. The lowest BCUT2D eigenvalue weighted by Crippen LogP contribution is -2.37. The van der Waals surface area contributed by atoms with E-state index in [4.69, 9.17) is 5.11 Å². The van der Waals surface area contributed by atoms with Gasteiger partial charge in [-0.25, -0.2) is 4.39 Å². The zero-order valence-corrected chi connectivity index (χ0v) is 11.8. The van der Waals surface area contributed by atoms with Gasteiger partial charge in [-0.3, -0.25) is 14.6 Å². The largest absolute Gasteiger partial charge is 0.481 e. The standard InChI is InChI=1S/C16H15FN2O3/c17-11-7-10-3-1-5-18-15(10)13(8-11)16(22)19-6-2-4-12(19)9-14(20)21/h1,3,5,7-8,12H,2,4,6,9H2,(H,20,21)/t12-/m0/s1. The number of fused-ring (bicyclic) bond motifs is 1. The van der Waals surface area contributed by atoms with Crippen LogP contribution in [0.4, 0.5) is 4.39 Å². The molecule has 2 aromatic rings. The monoisotopic (exact) mass is 302 g/mol. The summed E-state index contributed by atoms with van der Waals surface area (Å²) in [6.45, 7) is 0.488. The normalized spacial score (nSPS) is 17.9. The molecule has 6 heteroatoms. The minimum absolute atomic E-state index is 0.0909. The maximum absolute atomic E-state index is 13.8. The van der Waals surface area contributed by atoms with Crippen molar-refractivity contribution in [3.63, 3.8) is 0 Å². The number of rotatable bonds is 3. The molecule has 0 saturated carbocycles. The molecular formula is C16H15FN2O3. The van der Waals surface area contributed by atoms with Gasteiger partial charge in [0.05, 0.1) is 17.5 Å². The number of carbonyl (C=O) groups is 2. The van der Waals surface area contributed by atoms with E-state index in [1.807, 2.05) is 0 Å². The summed E-state index contributed by atoms with van der Waals surface area (Å²) in [5.74, 6) is -1.79. The number of amides is 1. The molecule has 1 saturated heterocycles. The SMILES string of the molecule is O=C(O)C[C@@H]1CCCN1C(=O)c1cc(F)cc2cccnc12. The van der Waals surface area contributed by atoms with Crippen LogP contribution in [0.2, 0.25) is 0 Å². The molecule has 0 aliphatic carbocycles. The van der Waals surface area contributed by atoms with E-state index < -0.39 is 11.8 Å². The molecule has 0 unspecified atom stereocenters. The summed E-state index contributed by atoms with van der Waals surface area (Å²) in [7, 11) is 0. The number of nitrogens with zero attached hydrogens (tertiary/aromatic N) is 2. The van der Waals surface area contributed by atoms with Gasteiger partial charge in [-0.15, -0.1) is 0 Å². The first-order chi connectivity index (χ1) is 10.6. The van der Waals surface area contributed by atoms with Crippen LogP contribution in [0.5, 0.6) is 0 Å². The number of carbonyl (C=O) groups excluding carboxylic acids is 1. The summed E-state index contributed by atoms with van der Waals surface area (Å²) < 4.78 is 13.8. The van der Waals surface area contributed by atoms with Crippen molar-refractivity contribution < 1.29 is 19.1 Å². The number of hydrogen-bond acceptors (Lipinski definition) is 3. The Labute approximate surface area is 126 Å². The van der Waals surface area contributed by atoms with Crippen molar-refractivity contribution >= 4 is 22.8 Å². The number of benzene rings is 1. The summed E-state index contributed by atoms with van der Waals surface area (Å²) in [4.78, 5) is 29.3. The Kier molecular flexibility index (Phi) is 3.75.